The molecule has 1 aromatic carbocycles. The number of amides is 3. The van der Waals surface area contributed by atoms with Crippen LogP contribution in [0, 0.1) is 17.7 Å². The summed E-state index contributed by atoms with van der Waals surface area (Å²) in [5.41, 5.74) is 0.938. The highest BCUT2D eigenvalue weighted by Crippen LogP contribution is 2.22. The minimum absolute atomic E-state index is 0.0285. The Hall–Kier alpha value is -2.74. The molecule has 7 nitrogen and oxygen atoms in total. The Bertz CT molecular complexity index is 958. The van der Waals surface area contributed by atoms with Crippen LogP contribution in [0.2, 0.25) is 0 Å². The van der Waals surface area contributed by atoms with Gasteiger partial charge in [-0.15, -0.1) is 0 Å². The van der Waals surface area contributed by atoms with Gasteiger partial charge in [0.25, 0.3) is 5.91 Å². The lowest BCUT2D eigenvalue weighted by Gasteiger charge is -2.39. The first kappa shape index (κ1) is 30.5. The molecule has 1 heterocycles. The van der Waals surface area contributed by atoms with Gasteiger partial charge >= 0.3 is 0 Å². The van der Waals surface area contributed by atoms with Gasteiger partial charge in [-0.25, -0.2) is 4.39 Å². The zero-order valence-electron chi connectivity index (χ0n) is 23.7. The van der Waals surface area contributed by atoms with Gasteiger partial charge in [0, 0.05) is 24.4 Å². The number of piperidine rings is 1. The highest BCUT2D eigenvalue weighted by Gasteiger charge is 2.36. The molecule has 0 aliphatic carbocycles. The van der Waals surface area contributed by atoms with E-state index < -0.39 is 6.04 Å². The van der Waals surface area contributed by atoms with Crippen LogP contribution in [0.15, 0.2) is 35.9 Å². The molecule has 0 saturated carbocycles. The van der Waals surface area contributed by atoms with Crippen LogP contribution in [0.5, 0.6) is 0 Å². The van der Waals surface area contributed by atoms with Crippen molar-refractivity contribution < 1.29 is 18.8 Å². The molecule has 1 aliphatic rings. The normalized spacial score (nSPS) is 18.6. The van der Waals surface area contributed by atoms with Gasteiger partial charge < -0.3 is 15.5 Å². The maximum atomic E-state index is 13.7. The topological polar surface area (TPSA) is 81.8 Å². The Balaban J connectivity index is 2.17. The monoisotopic (exact) mass is 516 g/mol. The predicted octanol–water partition coefficient (Wildman–Crippen LogP) is 4.60. The van der Waals surface area contributed by atoms with Gasteiger partial charge in [0.15, 0.2) is 0 Å². The van der Waals surface area contributed by atoms with Crippen LogP contribution in [0.1, 0.15) is 67.7 Å². The summed E-state index contributed by atoms with van der Waals surface area (Å²) in [6.45, 7) is 14.6. The Morgan fingerprint density at radius 1 is 1.03 bits per heavy atom. The van der Waals surface area contributed by atoms with E-state index in [2.05, 4.69) is 29.4 Å². The Morgan fingerprint density at radius 3 is 2.19 bits per heavy atom. The second-order valence-corrected chi connectivity index (χ2v) is 11.1. The molecule has 206 valence electrons. The van der Waals surface area contributed by atoms with E-state index in [4.69, 9.17) is 0 Å². The zero-order valence-corrected chi connectivity index (χ0v) is 23.7. The van der Waals surface area contributed by atoms with Crippen molar-refractivity contribution in [3.05, 3.63) is 41.7 Å². The molecule has 1 fully saturated rings. The number of likely N-dealkylation sites (N-methyl/N-ethyl adjacent to an activating group) is 1. The summed E-state index contributed by atoms with van der Waals surface area (Å²) >= 11 is 0. The lowest BCUT2D eigenvalue weighted by Crippen LogP contribution is -2.58. The predicted molar refractivity (Wildman–Crippen MR) is 146 cm³/mol. The number of anilines is 1. The number of nitrogens with one attached hydrogen (secondary N) is 2. The van der Waals surface area contributed by atoms with Gasteiger partial charge in [-0.05, 0) is 76.3 Å². The van der Waals surface area contributed by atoms with Crippen molar-refractivity contribution in [1.82, 2.24) is 15.1 Å². The largest absolute Gasteiger partial charge is 0.343 e. The molecule has 0 spiro atoms. The molecular weight excluding hydrogens is 471 g/mol. The molecule has 0 aromatic heterocycles. The van der Waals surface area contributed by atoms with Crippen molar-refractivity contribution in [3.63, 3.8) is 0 Å². The van der Waals surface area contributed by atoms with Gasteiger partial charge in [0.2, 0.25) is 11.8 Å². The quantitative estimate of drug-likeness (QED) is 0.446. The van der Waals surface area contributed by atoms with Gasteiger partial charge in [-0.3, -0.25) is 19.3 Å². The van der Waals surface area contributed by atoms with E-state index in [1.54, 1.807) is 24.9 Å². The molecule has 1 saturated heterocycles. The van der Waals surface area contributed by atoms with Gasteiger partial charge in [0.05, 0.1) is 12.1 Å². The summed E-state index contributed by atoms with van der Waals surface area (Å²) < 4.78 is 13.2. The molecule has 3 atom stereocenters. The Morgan fingerprint density at radius 2 is 1.65 bits per heavy atom. The zero-order chi connectivity index (χ0) is 27.9. The molecule has 2 N–H and O–H groups in total. The molecule has 2 rings (SSSR count). The molecule has 37 heavy (non-hydrogen) atoms. The number of carbonyl (C=O) groups excluding carboxylic acids is 3. The molecule has 0 unspecified atom stereocenters. The summed E-state index contributed by atoms with van der Waals surface area (Å²) in [5, 5.41) is 5.82. The van der Waals surface area contributed by atoms with Crippen LogP contribution in [-0.2, 0) is 14.4 Å². The van der Waals surface area contributed by atoms with Crippen molar-refractivity contribution in [3.8, 4) is 0 Å². The summed E-state index contributed by atoms with van der Waals surface area (Å²) in [7, 11) is 1.72. The number of carbonyl (C=O) groups is 3. The van der Waals surface area contributed by atoms with E-state index in [0.717, 1.165) is 25.8 Å². The van der Waals surface area contributed by atoms with Crippen molar-refractivity contribution in [2.45, 2.75) is 91.9 Å². The number of benzene rings is 1. The van der Waals surface area contributed by atoms with E-state index in [0.29, 0.717) is 11.3 Å². The van der Waals surface area contributed by atoms with Gasteiger partial charge in [-0.1, -0.05) is 40.2 Å². The fourth-order valence-electron chi connectivity index (χ4n) is 4.83. The summed E-state index contributed by atoms with van der Waals surface area (Å²) in [4.78, 5) is 43.6. The fourth-order valence-corrected chi connectivity index (χ4v) is 4.83. The first-order valence-electron chi connectivity index (χ1n) is 13.4. The first-order chi connectivity index (χ1) is 17.3. The number of hydrogen-bond acceptors (Lipinski definition) is 4. The number of likely N-dealkylation sites (tertiary alicyclic amines) is 1. The van der Waals surface area contributed by atoms with Crippen molar-refractivity contribution in [2.24, 2.45) is 11.8 Å². The molecule has 8 heteroatoms. The number of rotatable bonds is 10. The lowest BCUT2D eigenvalue weighted by atomic mass is 9.95. The SMILES string of the molecule is CC(=C[C@H](C(C)C)N(C)C(=O)[C@@H](NC(=O)[C@H]1CCCCN1C(C)C)C(C)C)C(=O)Nc1ccc(F)cc1. The second kappa shape index (κ2) is 13.7. The molecule has 1 aromatic rings. The summed E-state index contributed by atoms with van der Waals surface area (Å²) in [5.74, 6) is -1.05. The summed E-state index contributed by atoms with van der Waals surface area (Å²) in [6, 6.07) is 4.57. The van der Waals surface area contributed by atoms with Gasteiger partial charge in [0.1, 0.15) is 11.9 Å². The molecule has 0 radical (unpaired) electrons. The van der Waals surface area contributed by atoms with E-state index in [9.17, 15) is 18.8 Å². The van der Waals surface area contributed by atoms with Crippen LogP contribution < -0.4 is 10.6 Å². The Labute approximate surface area is 221 Å². The minimum Gasteiger partial charge on any atom is -0.343 e. The average Bonchev–Trinajstić information content (AvgIpc) is 2.85. The number of nitrogens with zero attached hydrogens (tertiary/aromatic N) is 2. The van der Waals surface area contributed by atoms with Gasteiger partial charge in [-0.2, -0.15) is 0 Å². The van der Waals surface area contributed by atoms with Crippen molar-refractivity contribution >= 4 is 23.4 Å². The fraction of sp³-hybridized carbons (Fsp3) is 0.621. The van der Waals surface area contributed by atoms with Crippen LogP contribution >= 0.6 is 0 Å². The number of hydrogen-bond donors (Lipinski definition) is 2. The molecule has 1 aliphatic heterocycles. The highest BCUT2D eigenvalue weighted by atomic mass is 19.1. The van der Waals surface area contributed by atoms with E-state index in [1.165, 1.54) is 24.3 Å². The van der Waals surface area contributed by atoms with Crippen LogP contribution in [0.3, 0.4) is 0 Å². The standard InChI is InChI=1S/C29H45FN4O3/c1-18(2)25(17-21(7)27(35)31-23-14-12-22(30)13-15-23)33(8)29(37)26(19(3)4)32-28(36)24-11-9-10-16-34(24)20(5)6/h12-15,17-20,24-26H,9-11,16H2,1-8H3,(H,31,35)(H,32,36)/t24-,25-,26+/m1/s1. The lowest BCUT2D eigenvalue weighted by molar-refractivity contribution is -0.140. The average molecular weight is 517 g/mol. The van der Waals surface area contributed by atoms with Crippen LogP contribution in [0.4, 0.5) is 10.1 Å². The smallest absolute Gasteiger partial charge is 0.251 e. The molecule has 3 amide bonds. The minimum atomic E-state index is -0.670. The third-order valence-electron chi connectivity index (χ3n) is 7.10. The highest BCUT2D eigenvalue weighted by molar-refractivity contribution is 6.03. The second-order valence-electron chi connectivity index (χ2n) is 11.1. The third kappa shape index (κ3) is 8.38. The van der Waals surface area contributed by atoms with E-state index in [1.807, 2.05) is 27.7 Å². The van der Waals surface area contributed by atoms with E-state index in [-0.39, 0.29) is 53.5 Å². The summed E-state index contributed by atoms with van der Waals surface area (Å²) in [6.07, 6.45) is 4.65. The molecular formula is C29H45FN4O3. The Kier molecular flexibility index (Phi) is 11.3. The molecule has 0 bridgehead atoms. The third-order valence-corrected chi connectivity index (χ3v) is 7.10. The maximum Gasteiger partial charge on any atom is 0.251 e. The maximum absolute atomic E-state index is 13.7. The van der Waals surface area contributed by atoms with Crippen molar-refractivity contribution in [1.29, 1.82) is 0 Å². The number of halogens is 1. The first-order valence-corrected chi connectivity index (χ1v) is 13.4. The van der Waals surface area contributed by atoms with Crippen LogP contribution in [0.25, 0.3) is 0 Å². The van der Waals surface area contributed by atoms with Crippen molar-refractivity contribution in [2.75, 3.05) is 18.9 Å². The van der Waals surface area contributed by atoms with Crippen LogP contribution in [-0.4, -0.2) is 65.3 Å². The van der Waals surface area contributed by atoms with E-state index >= 15 is 0 Å².